The number of halogens is 2. The normalized spacial score (nSPS) is 14.5. The molecule has 0 spiro atoms. The minimum absolute atomic E-state index is 0.00829. The highest BCUT2D eigenvalue weighted by Gasteiger charge is 2.28. The van der Waals surface area contributed by atoms with Crippen molar-refractivity contribution in [2.75, 3.05) is 5.01 Å². The predicted octanol–water partition coefficient (Wildman–Crippen LogP) is 6.40. The number of hydrogen-bond donors (Lipinski definition) is 0. The van der Waals surface area contributed by atoms with E-state index in [2.05, 4.69) is 21.0 Å². The zero-order valence-corrected chi connectivity index (χ0v) is 19.7. The van der Waals surface area contributed by atoms with E-state index in [4.69, 9.17) is 16.3 Å². The third-order valence-corrected chi connectivity index (χ3v) is 5.77. The van der Waals surface area contributed by atoms with E-state index in [1.807, 2.05) is 30.3 Å². The second-order valence-electron chi connectivity index (χ2n) is 7.23. The van der Waals surface area contributed by atoms with Crippen LogP contribution in [0.5, 0.6) is 5.75 Å². The van der Waals surface area contributed by atoms with Crippen LogP contribution in [0.15, 0.2) is 81.9 Å². The van der Waals surface area contributed by atoms with E-state index in [1.165, 1.54) is 17.1 Å². The highest BCUT2D eigenvalue weighted by Crippen LogP contribution is 2.36. The average molecular weight is 527 g/mol. The first-order valence-corrected chi connectivity index (χ1v) is 11.0. The minimum atomic E-state index is -0.455. The van der Waals surface area contributed by atoms with Crippen LogP contribution in [0.2, 0.25) is 5.02 Å². The van der Waals surface area contributed by atoms with Crippen LogP contribution in [-0.2, 0) is 11.4 Å². The first-order valence-electron chi connectivity index (χ1n) is 9.85. The van der Waals surface area contributed by atoms with Crippen LogP contribution in [0.1, 0.15) is 18.1 Å². The maximum Gasteiger partial charge on any atom is 0.280 e. The molecule has 3 aromatic carbocycles. The maximum atomic E-state index is 12.9. The minimum Gasteiger partial charge on any atom is -0.486 e. The van der Waals surface area contributed by atoms with Gasteiger partial charge in [0.1, 0.15) is 6.61 Å². The molecule has 1 aliphatic heterocycles. The molecule has 0 N–H and O–H groups in total. The molecular formula is C24H17BrClN3O4. The van der Waals surface area contributed by atoms with Gasteiger partial charge in [0.2, 0.25) is 0 Å². The molecule has 0 aliphatic carbocycles. The number of carbonyl (C=O) groups excluding carboxylic acids is 1. The van der Waals surface area contributed by atoms with E-state index in [0.717, 1.165) is 0 Å². The molecule has 7 nitrogen and oxygen atoms in total. The molecule has 3 aromatic rings. The van der Waals surface area contributed by atoms with Crippen molar-refractivity contribution in [3.05, 3.63) is 103 Å². The lowest BCUT2D eigenvalue weighted by molar-refractivity contribution is -0.384. The average Bonchev–Trinajstić information content (AvgIpc) is 3.07. The molecule has 1 amide bonds. The van der Waals surface area contributed by atoms with Gasteiger partial charge in [-0.05, 0) is 64.3 Å². The van der Waals surface area contributed by atoms with Crippen molar-refractivity contribution in [2.45, 2.75) is 13.5 Å². The zero-order valence-electron chi connectivity index (χ0n) is 17.4. The van der Waals surface area contributed by atoms with Crippen LogP contribution in [0.3, 0.4) is 0 Å². The summed E-state index contributed by atoms with van der Waals surface area (Å²) in [6.45, 7) is 1.89. The number of hydrazone groups is 1. The van der Waals surface area contributed by atoms with Gasteiger partial charge in [0.15, 0.2) is 5.75 Å². The Kier molecular flexibility index (Phi) is 6.57. The molecule has 1 aliphatic rings. The third-order valence-electron chi connectivity index (χ3n) is 4.90. The summed E-state index contributed by atoms with van der Waals surface area (Å²) in [5.41, 5.74) is 3.08. The number of nitrogens with zero attached hydrogens (tertiary/aromatic N) is 3. The summed E-state index contributed by atoms with van der Waals surface area (Å²) in [5.74, 6) is 0.177. The van der Waals surface area contributed by atoms with Crippen LogP contribution in [0.4, 0.5) is 11.4 Å². The highest BCUT2D eigenvalue weighted by atomic mass is 79.9. The van der Waals surface area contributed by atoms with Crippen molar-refractivity contribution >= 4 is 56.6 Å². The van der Waals surface area contributed by atoms with Gasteiger partial charge in [-0.3, -0.25) is 14.9 Å². The van der Waals surface area contributed by atoms with Gasteiger partial charge in [-0.15, -0.1) is 0 Å². The number of nitro groups is 1. The predicted molar refractivity (Wildman–Crippen MR) is 132 cm³/mol. The topological polar surface area (TPSA) is 85.0 Å². The molecule has 0 fully saturated rings. The van der Waals surface area contributed by atoms with Crippen molar-refractivity contribution < 1.29 is 14.5 Å². The molecule has 1 heterocycles. The Labute approximate surface area is 203 Å². The summed E-state index contributed by atoms with van der Waals surface area (Å²) in [5, 5.41) is 17.0. The van der Waals surface area contributed by atoms with Gasteiger partial charge in [0.05, 0.1) is 31.4 Å². The van der Waals surface area contributed by atoms with Crippen LogP contribution >= 0.6 is 27.5 Å². The van der Waals surface area contributed by atoms with Crippen LogP contribution in [0.25, 0.3) is 6.08 Å². The molecule has 166 valence electrons. The fourth-order valence-electron chi connectivity index (χ4n) is 3.31. The Bertz CT molecular complexity index is 1290. The number of nitro benzene ring substituents is 1. The van der Waals surface area contributed by atoms with E-state index in [-0.39, 0.29) is 18.2 Å². The van der Waals surface area contributed by atoms with Crippen LogP contribution < -0.4 is 9.75 Å². The Morgan fingerprint density at radius 2 is 1.91 bits per heavy atom. The summed E-state index contributed by atoms with van der Waals surface area (Å²) >= 11 is 9.91. The van der Waals surface area contributed by atoms with Crippen LogP contribution in [-0.4, -0.2) is 16.5 Å². The molecule has 0 radical (unpaired) electrons. The molecule has 0 saturated carbocycles. The monoisotopic (exact) mass is 525 g/mol. The molecule has 0 saturated heterocycles. The van der Waals surface area contributed by atoms with E-state index in [1.54, 1.807) is 37.3 Å². The Morgan fingerprint density at radius 1 is 1.15 bits per heavy atom. The first kappa shape index (κ1) is 22.7. The first-order chi connectivity index (χ1) is 15.8. The SMILES string of the molecule is CC1=NN(c2ccccc2)C(=O)/C1=C/c1cc(Cl)c(OCc2cccc([N+](=O)[O-])c2)c(Br)c1. The van der Waals surface area contributed by atoms with Crippen molar-refractivity contribution in [1.29, 1.82) is 0 Å². The third kappa shape index (κ3) is 4.97. The Morgan fingerprint density at radius 3 is 2.61 bits per heavy atom. The molecular weight excluding hydrogens is 510 g/mol. The highest BCUT2D eigenvalue weighted by molar-refractivity contribution is 9.10. The molecule has 0 unspecified atom stereocenters. The van der Waals surface area contributed by atoms with Crippen LogP contribution in [0, 0.1) is 10.1 Å². The van der Waals surface area contributed by atoms with Gasteiger partial charge >= 0.3 is 0 Å². The quantitative estimate of drug-likeness (QED) is 0.211. The number of ether oxygens (including phenoxy) is 1. The summed E-state index contributed by atoms with van der Waals surface area (Å²) < 4.78 is 6.40. The molecule has 0 atom stereocenters. The number of carbonyl (C=O) groups is 1. The second kappa shape index (κ2) is 9.56. The number of non-ortho nitro benzene ring substituents is 1. The second-order valence-corrected chi connectivity index (χ2v) is 8.49. The van der Waals surface area contributed by atoms with Crippen molar-refractivity contribution in [3.63, 3.8) is 0 Å². The number of para-hydroxylation sites is 1. The standard InChI is InChI=1S/C24H17BrClN3O4/c1-15-20(24(30)28(27-15)18-7-3-2-4-8-18)11-17-12-21(25)23(22(26)13-17)33-14-16-6-5-9-19(10-16)29(31)32/h2-13H,14H2,1H3/b20-11+. The lowest BCUT2D eigenvalue weighted by atomic mass is 10.1. The molecule has 0 aromatic heterocycles. The van der Waals surface area contributed by atoms with Gasteiger partial charge in [-0.1, -0.05) is 41.9 Å². The maximum absolute atomic E-state index is 12.9. The van der Waals surface area contributed by atoms with Crippen molar-refractivity contribution in [1.82, 2.24) is 0 Å². The van der Waals surface area contributed by atoms with Gasteiger partial charge in [0, 0.05) is 12.1 Å². The van der Waals surface area contributed by atoms with Gasteiger partial charge in [-0.25, -0.2) is 0 Å². The van der Waals surface area contributed by atoms with E-state index in [0.29, 0.717) is 43.3 Å². The fraction of sp³-hybridized carbons (Fsp3) is 0.0833. The van der Waals surface area contributed by atoms with Gasteiger partial charge in [-0.2, -0.15) is 10.1 Å². The lowest BCUT2D eigenvalue weighted by Gasteiger charge is -2.12. The van der Waals surface area contributed by atoms with E-state index < -0.39 is 4.92 Å². The lowest BCUT2D eigenvalue weighted by Crippen LogP contribution is -2.21. The van der Waals surface area contributed by atoms with Crippen molar-refractivity contribution in [2.24, 2.45) is 5.10 Å². The zero-order chi connectivity index (χ0) is 23.5. The molecule has 33 heavy (non-hydrogen) atoms. The fourth-order valence-corrected chi connectivity index (χ4v) is 4.30. The van der Waals surface area contributed by atoms with E-state index in [9.17, 15) is 14.9 Å². The number of anilines is 1. The Balaban J connectivity index is 1.54. The van der Waals surface area contributed by atoms with Crippen molar-refractivity contribution in [3.8, 4) is 5.75 Å². The Hall–Kier alpha value is -3.49. The van der Waals surface area contributed by atoms with Gasteiger partial charge in [0.25, 0.3) is 11.6 Å². The molecule has 9 heteroatoms. The number of amides is 1. The summed E-state index contributed by atoms with van der Waals surface area (Å²) in [7, 11) is 0. The molecule has 4 rings (SSSR count). The largest absolute Gasteiger partial charge is 0.486 e. The summed E-state index contributed by atoms with van der Waals surface area (Å²) in [6, 6.07) is 18.9. The summed E-state index contributed by atoms with van der Waals surface area (Å²) in [4.78, 5) is 23.4. The smallest absolute Gasteiger partial charge is 0.280 e. The van der Waals surface area contributed by atoms with Gasteiger partial charge < -0.3 is 4.74 Å². The number of rotatable bonds is 6. The molecule has 0 bridgehead atoms. The number of benzene rings is 3. The summed E-state index contributed by atoms with van der Waals surface area (Å²) in [6.07, 6.45) is 1.73. The number of hydrogen-bond acceptors (Lipinski definition) is 5. The van der Waals surface area contributed by atoms with E-state index >= 15 is 0 Å².